The van der Waals surface area contributed by atoms with Crippen LogP contribution in [-0.4, -0.2) is 29.2 Å². The topological polar surface area (TPSA) is 58.2 Å². The third-order valence-electron chi connectivity index (χ3n) is 3.62. The zero-order chi connectivity index (χ0) is 15.5. The molecule has 0 unspecified atom stereocenters. The molecular formula is C15H15F2N3O2. The number of nitrogens with zero attached hydrogens (tertiary/aromatic N) is 2. The summed E-state index contributed by atoms with van der Waals surface area (Å²) in [6, 6.07) is 4.73. The van der Waals surface area contributed by atoms with Gasteiger partial charge in [-0.3, -0.25) is 4.79 Å². The summed E-state index contributed by atoms with van der Waals surface area (Å²) >= 11 is 0. The van der Waals surface area contributed by atoms with Gasteiger partial charge in [-0.25, -0.2) is 13.8 Å². The number of nitrogens with one attached hydrogen (secondary N) is 1. The molecule has 1 fully saturated rings. The quantitative estimate of drug-likeness (QED) is 0.943. The molecule has 0 amide bonds. The van der Waals surface area contributed by atoms with Gasteiger partial charge >= 0.3 is 0 Å². The molecule has 2 aromatic rings. The van der Waals surface area contributed by atoms with Crippen molar-refractivity contribution in [3.63, 3.8) is 0 Å². The van der Waals surface area contributed by atoms with Crippen LogP contribution >= 0.6 is 0 Å². The number of aromatic nitrogens is 2. The lowest BCUT2D eigenvalue weighted by Gasteiger charge is -2.32. The molecule has 1 aromatic carbocycles. The van der Waals surface area contributed by atoms with Crippen molar-refractivity contribution in [1.29, 1.82) is 0 Å². The van der Waals surface area contributed by atoms with E-state index in [2.05, 4.69) is 9.97 Å². The summed E-state index contributed by atoms with van der Waals surface area (Å²) in [4.78, 5) is 19.9. The van der Waals surface area contributed by atoms with Gasteiger partial charge in [0, 0.05) is 38.1 Å². The maximum Gasteiger partial charge on any atom is 0.252 e. The Morgan fingerprint density at radius 3 is 2.68 bits per heavy atom. The molecule has 1 saturated heterocycles. The third-order valence-corrected chi connectivity index (χ3v) is 3.62. The number of hydrogen-bond donors (Lipinski definition) is 1. The lowest BCUT2D eigenvalue weighted by atomic mass is 10.1. The first-order valence-electron chi connectivity index (χ1n) is 7.03. The Kier molecular flexibility index (Phi) is 4.04. The fourth-order valence-electron chi connectivity index (χ4n) is 2.48. The Morgan fingerprint density at radius 1 is 1.23 bits per heavy atom. The number of ether oxygens (including phenoxy) is 1. The van der Waals surface area contributed by atoms with Crippen molar-refractivity contribution in [1.82, 2.24) is 9.97 Å². The van der Waals surface area contributed by atoms with Crippen molar-refractivity contribution >= 4 is 5.82 Å². The minimum absolute atomic E-state index is 0.0640. The fraction of sp³-hybridized carbons (Fsp3) is 0.333. The number of H-pyrrole nitrogens is 1. The lowest BCUT2D eigenvalue weighted by Crippen LogP contribution is -2.39. The van der Waals surface area contributed by atoms with Crippen molar-refractivity contribution in [2.24, 2.45) is 0 Å². The minimum atomic E-state index is -0.696. The van der Waals surface area contributed by atoms with E-state index in [1.807, 2.05) is 4.90 Å². The smallest absolute Gasteiger partial charge is 0.252 e. The van der Waals surface area contributed by atoms with Crippen molar-refractivity contribution in [3.05, 3.63) is 52.6 Å². The molecule has 7 heteroatoms. The van der Waals surface area contributed by atoms with E-state index in [1.165, 1.54) is 24.5 Å². The van der Waals surface area contributed by atoms with Crippen molar-refractivity contribution in [3.8, 4) is 5.75 Å². The second-order valence-corrected chi connectivity index (χ2v) is 5.15. The zero-order valence-corrected chi connectivity index (χ0v) is 11.8. The number of benzene rings is 1. The van der Waals surface area contributed by atoms with Crippen molar-refractivity contribution in [2.45, 2.75) is 18.9 Å². The van der Waals surface area contributed by atoms with Gasteiger partial charge in [-0.05, 0) is 12.1 Å². The standard InChI is InChI=1S/C15H15F2N3O2/c16-10-1-2-13(12(17)7-10)22-11-3-5-20(6-4-11)14-8-15(21)19-9-18-14/h1-2,7-9,11H,3-6H2,(H,18,19,21). The molecular weight excluding hydrogens is 292 g/mol. The number of rotatable bonds is 3. The Balaban J connectivity index is 1.61. The van der Waals surface area contributed by atoms with Gasteiger partial charge in [-0.1, -0.05) is 0 Å². The monoisotopic (exact) mass is 307 g/mol. The highest BCUT2D eigenvalue weighted by atomic mass is 19.1. The van der Waals surface area contributed by atoms with Gasteiger partial charge in [0.05, 0.1) is 6.33 Å². The minimum Gasteiger partial charge on any atom is -0.487 e. The number of aromatic amines is 1. The molecule has 22 heavy (non-hydrogen) atoms. The molecule has 0 bridgehead atoms. The van der Waals surface area contributed by atoms with Crippen LogP contribution < -0.4 is 15.2 Å². The van der Waals surface area contributed by atoms with Crippen molar-refractivity contribution < 1.29 is 13.5 Å². The summed E-state index contributed by atoms with van der Waals surface area (Å²) in [6.07, 6.45) is 2.57. The first kappa shape index (κ1) is 14.5. The predicted octanol–water partition coefficient (Wildman–Crippen LogP) is 2.10. The second-order valence-electron chi connectivity index (χ2n) is 5.15. The van der Waals surface area contributed by atoms with Crippen LogP contribution in [0.1, 0.15) is 12.8 Å². The first-order valence-corrected chi connectivity index (χ1v) is 7.03. The molecule has 0 radical (unpaired) electrons. The van der Waals surface area contributed by atoms with Crippen LogP contribution in [0.25, 0.3) is 0 Å². The summed E-state index contributed by atoms with van der Waals surface area (Å²) in [5, 5.41) is 0. The molecule has 1 aromatic heterocycles. The van der Waals surface area contributed by atoms with E-state index in [0.29, 0.717) is 31.7 Å². The molecule has 2 heterocycles. The largest absolute Gasteiger partial charge is 0.487 e. The van der Waals surface area contributed by atoms with Gasteiger partial charge in [-0.2, -0.15) is 0 Å². The molecule has 1 aliphatic heterocycles. The average molecular weight is 307 g/mol. The fourth-order valence-corrected chi connectivity index (χ4v) is 2.48. The van der Waals surface area contributed by atoms with Gasteiger partial charge in [0.15, 0.2) is 11.6 Å². The number of anilines is 1. The molecule has 3 rings (SSSR count). The van der Waals surface area contributed by atoms with Gasteiger partial charge in [0.1, 0.15) is 17.7 Å². The van der Waals surface area contributed by atoms with E-state index in [9.17, 15) is 13.6 Å². The zero-order valence-electron chi connectivity index (χ0n) is 11.8. The van der Waals surface area contributed by atoms with E-state index < -0.39 is 11.6 Å². The number of piperidine rings is 1. The molecule has 116 valence electrons. The summed E-state index contributed by atoms with van der Waals surface area (Å²) in [5.41, 5.74) is -0.197. The maximum absolute atomic E-state index is 13.6. The van der Waals surface area contributed by atoms with E-state index in [-0.39, 0.29) is 17.4 Å². The van der Waals surface area contributed by atoms with Crippen LogP contribution in [0.5, 0.6) is 5.75 Å². The predicted molar refractivity (Wildman–Crippen MR) is 77.1 cm³/mol. The SMILES string of the molecule is O=c1cc(N2CCC(Oc3ccc(F)cc3F)CC2)nc[nH]1. The van der Waals surface area contributed by atoms with Crippen LogP contribution in [0, 0.1) is 11.6 Å². The molecule has 0 aliphatic carbocycles. The van der Waals surface area contributed by atoms with Gasteiger partial charge in [0.25, 0.3) is 5.56 Å². The summed E-state index contributed by atoms with van der Waals surface area (Å²) in [5.74, 6) is -0.636. The highest BCUT2D eigenvalue weighted by Crippen LogP contribution is 2.24. The summed E-state index contributed by atoms with van der Waals surface area (Å²) in [6.45, 7) is 1.31. The van der Waals surface area contributed by atoms with Gasteiger partial charge in [0.2, 0.25) is 0 Å². The highest BCUT2D eigenvalue weighted by molar-refractivity contribution is 5.37. The molecule has 1 N–H and O–H groups in total. The molecule has 0 saturated carbocycles. The molecule has 0 atom stereocenters. The lowest BCUT2D eigenvalue weighted by molar-refractivity contribution is 0.163. The first-order chi connectivity index (χ1) is 10.6. The van der Waals surface area contributed by atoms with Gasteiger partial charge in [-0.15, -0.1) is 0 Å². The van der Waals surface area contributed by atoms with Gasteiger partial charge < -0.3 is 14.6 Å². The van der Waals surface area contributed by atoms with Crippen LogP contribution in [-0.2, 0) is 0 Å². The molecule has 1 aliphatic rings. The van der Waals surface area contributed by atoms with E-state index >= 15 is 0 Å². The Labute approximate surface area is 125 Å². The Morgan fingerprint density at radius 2 is 2.00 bits per heavy atom. The second kappa shape index (κ2) is 6.13. The maximum atomic E-state index is 13.6. The Hall–Kier alpha value is -2.44. The Bertz CT molecular complexity index is 712. The van der Waals surface area contributed by atoms with Crippen LogP contribution in [0.3, 0.4) is 0 Å². The van der Waals surface area contributed by atoms with E-state index in [0.717, 1.165) is 6.07 Å². The summed E-state index contributed by atoms with van der Waals surface area (Å²) in [7, 11) is 0. The third kappa shape index (κ3) is 3.24. The van der Waals surface area contributed by atoms with Crippen LogP contribution in [0.2, 0.25) is 0 Å². The van der Waals surface area contributed by atoms with Crippen LogP contribution in [0.15, 0.2) is 35.4 Å². The van der Waals surface area contributed by atoms with E-state index in [4.69, 9.17) is 4.74 Å². The van der Waals surface area contributed by atoms with E-state index in [1.54, 1.807) is 0 Å². The van der Waals surface area contributed by atoms with Crippen molar-refractivity contribution in [2.75, 3.05) is 18.0 Å². The normalized spacial score (nSPS) is 15.8. The van der Waals surface area contributed by atoms with Crippen LogP contribution in [0.4, 0.5) is 14.6 Å². The molecule has 0 spiro atoms. The highest BCUT2D eigenvalue weighted by Gasteiger charge is 2.22. The summed E-state index contributed by atoms with van der Waals surface area (Å²) < 4.78 is 32.0. The number of halogens is 2. The molecule has 5 nitrogen and oxygen atoms in total. The average Bonchev–Trinajstić information content (AvgIpc) is 2.51. The number of hydrogen-bond acceptors (Lipinski definition) is 4.